The van der Waals surface area contributed by atoms with Crippen LogP contribution >= 0.6 is 0 Å². The molecule has 11 heteroatoms. The van der Waals surface area contributed by atoms with Gasteiger partial charge in [0.15, 0.2) is 5.69 Å². The quantitative estimate of drug-likeness (QED) is 0.545. The highest BCUT2D eigenvalue weighted by atomic mass is 32.2. The first-order valence-electron chi connectivity index (χ1n) is 11.0. The number of aliphatic hydroxyl groups is 1. The van der Waals surface area contributed by atoms with E-state index < -0.39 is 38.9 Å². The summed E-state index contributed by atoms with van der Waals surface area (Å²) in [4.78, 5) is 25.8. The minimum Gasteiger partial charge on any atom is -0.395 e. The van der Waals surface area contributed by atoms with Gasteiger partial charge in [0.05, 0.1) is 18.1 Å². The van der Waals surface area contributed by atoms with Gasteiger partial charge >= 0.3 is 0 Å². The normalized spacial score (nSPS) is 17.6. The molecule has 1 atom stereocenters. The van der Waals surface area contributed by atoms with E-state index in [2.05, 4.69) is 15.7 Å². The molecule has 2 aromatic rings. The molecule has 1 aliphatic heterocycles. The molecular formula is C22H31FN4O5S. The third kappa shape index (κ3) is 5.89. The molecule has 9 nitrogen and oxygen atoms in total. The maximum atomic E-state index is 14.7. The minimum atomic E-state index is -3.03. The maximum Gasteiger partial charge on any atom is 0.273 e. The van der Waals surface area contributed by atoms with E-state index in [0.29, 0.717) is 24.8 Å². The number of nitrogens with one attached hydrogen (secondary N) is 2. The van der Waals surface area contributed by atoms with Crippen LogP contribution < -0.4 is 10.6 Å². The molecular weight excluding hydrogens is 451 g/mol. The molecule has 0 bridgehead atoms. The summed E-state index contributed by atoms with van der Waals surface area (Å²) in [6.45, 7) is 5.51. The van der Waals surface area contributed by atoms with Gasteiger partial charge in [-0.15, -0.1) is 0 Å². The van der Waals surface area contributed by atoms with Crippen molar-refractivity contribution in [2.45, 2.75) is 46.2 Å². The second kappa shape index (κ2) is 9.76. The van der Waals surface area contributed by atoms with Gasteiger partial charge in [0.1, 0.15) is 27.2 Å². The molecule has 2 heterocycles. The zero-order chi connectivity index (χ0) is 24.4. The third-order valence-electron chi connectivity index (χ3n) is 5.86. The number of amides is 2. The first-order valence-corrected chi connectivity index (χ1v) is 12.8. The lowest BCUT2D eigenvalue weighted by atomic mass is 9.86. The van der Waals surface area contributed by atoms with Crippen LogP contribution in [-0.4, -0.2) is 65.8 Å². The van der Waals surface area contributed by atoms with Crippen molar-refractivity contribution in [2.75, 3.05) is 24.7 Å². The molecule has 1 fully saturated rings. The molecule has 1 aliphatic rings. The number of hydrogen-bond acceptors (Lipinski definition) is 6. The molecule has 0 saturated carbocycles. The Hall–Kier alpha value is -2.53. The van der Waals surface area contributed by atoms with E-state index >= 15 is 0 Å². The van der Waals surface area contributed by atoms with E-state index in [4.69, 9.17) is 5.11 Å². The average molecular weight is 483 g/mol. The summed E-state index contributed by atoms with van der Waals surface area (Å²) in [5.74, 6) is -1.42. The van der Waals surface area contributed by atoms with Gasteiger partial charge in [0.25, 0.3) is 5.91 Å². The van der Waals surface area contributed by atoms with Crippen LogP contribution in [0.1, 0.15) is 44.1 Å². The van der Waals surface area contributed by atoms with Crippen molar-refractivity contribution in [3.05, 3.63) is 29.7 Å². The van der Waals surface area contributed by atoms with Crippen molar-refractivity contribution < 1.29 is 27.5 Å². The van der Waals surface area contributed by atoms with Crippen molar-refractivity contribution in [3.63, 3.8) is 0 Å². The summed E-state index contributed by atoms with van der Waals surface area (Å²) < 4.78 is 39.6. The van der Waals surface area contributed by atoms with Crippen LogP contribution in [0.5, 0.6) is 0 Å². The second-order valence-corrected chi connectivity index (χ2v) is 11.9. The molecule has 0 spiro atoms. The van der Waals surface area contributed by atoms with Crippen LogP contribution in [0.25, 0.3) is 10.9 Å². The molecule has 1 aromatic carbocycles. The van der Waals surface area contributed by atoms with Crippen molar-refractivity contribution in [1.29, 1.82) is 0 Å². The van der Waals surface area contributed by atoms with Gasteiger partial charge in [-0.05, 0) is 30.2 Å². The van der Waals surface area contributed by atoms with Crippen molar-refractivity contribution in [3.8, 4) is 0 Å². The molecule has 3 N–H and O–H groups in total. The fourth-order valence-corrected chi connectivity index (χ4v) is 5.60. The first-order chi connectivity index (χ1) is 15.4. The number of aromatic nitrogens is 2. The summed E-state index contributed by atoms with van der Waals surface area (Å²) >= 11 is 0. The molecule has 0 unspecified atom stereocenters. The fraction of sp³-hybridized carbons (Fsp3) is 0.591. The molecule has 182 valence electrons. The largest absolute Gasteiger partial charge is 0.395 e. The maximum absolute atomic E-state index is 14.7. The smallest absolute Gasteiger partial charge is 0.273 e. The number of halogens is 1. The average Bonchev–Trinajstić information content (AvgIpc) is 3.10. The van der Waals surface area contributed by atoms with Gasteiger partial charge < -0.3 is 15.7 Å². The van der Waals surface area contributed by atoms with Crippen LogP contribution in [-0.2, 0) is 21.2 Å². The predicted molar refractivity (Wildman–Crippen MR) is 122 cm³/mol. The summed E-state index contributed by atoms with van der Waals surface area (Å²) in [6.07, 6.45) is 0.910. The van der Waals surface area contributed by atoms with Gasteiger partial charge in [-0.2, -0.15) is 5.10 Å². The summed E-state index contributed by atoms with van der Waals surface area (Å²) in [6, 6.07) is 3.46. The highest BCUT2D eigenvalue weighted by molar-refractivity contribution is 7.91. The molecule has 2 amide bonds. The minimum absolute atomic E-state index is 0.00118. The highest BCUT2D eigenvalue weighted by Crippen LogP contribution is 2.27. The Balaban J connectivity index is 1.90. The van der Waals surface area contributed by atoms with E-state index in [1.807, 2.05) is 0 Å². The number of fused-ring (bicyclic) bond motifs is 1. The topological polar surface area (TPSA) is 130 Å². The molecule has 0 aliphatic carbocycles. The highest BCUT2D eigenvalue weighted by Gasteiger charge is 2.34. The number of para-hydroxylation sites is 1. The van der Waals surface area contributed by atoms with E-state index in [1.165, 1.54) is 16.8 Å². The van der Waals surface area contributed by atoms with Crippen LogP contribution in [0.3, 0.4) is 0 Å². The van der Waals surface area contributed by atoms with Crippen molar-refractivity contribution >= 4 is 32.6 Å². The van der Waals surface area contributed by atoms with Crippen LogP contribution in [0, 0.1) is 17.2 Å². The Labute approximate surface area is 192 Å². The summed E-state index contributed by atoms with van der Waals surface area (Å²) in [5.41, 5.74) is -0.461. The fourth-order valence-electron chi connectivity index (χ4n) is 4.02. The number of rotatable bonds is 7. The van der Waals surface area contributed by atoms with Gasteiger partial charge in [-0.1, -0.05) is 32.9 Å². The van der Waals surface area contributed by atoms with Gasteiger partial charge in [0.2, 0.25) is 5.91 Å². The van der Waals surface area contributed by atoms with Crippen molar-refractivity contribution in [1.82, 2.24) is 20.4 Å². The van der Waals surface area contributed by atoms with Crippen LogP contribution in [0.2, 0.25) is 0 Å². The molecule has 33 heavy (non-hydrogen) atoms. The lowest BCUT2D eigenvalue weighted by molar-refractivity contribution is -0.125. The monoisotopic (exact) mass is 482 g/mol. The number of carbonyl (C=O) groups excluding carboxylic acids is 2. The molecule has 1 aromatic heterocycles. The zero-order valence-corrected chi connectivity index (χ0v) is 19.9. The Morgan fingerprint density at radius 3 is 2.55 bits per heavy atom. The third-order valence-corrected chi connectivity index (χ3v) is 7.57. The Morgan fingerprint density at radius 2 is 1.94 bits per heavy atom. The van der Waals surface area contributed by atoms with Gasteiger partial charge in [-0.25, -0.2) is 12.8 Å². The van der Waals surface area contributed by atoms with E-state index in [9.17, 15) is 22.4 Å². The Kier molecular flexibility index (Phi) is 7.42. The van der Waals surface area contributed by atoms with Gasteiger partial charge in [0, 0.05) is 18.5 Å². The zero-order valence-electron chi connectivity index (χ0n) is 19.1. The second-order valence-electron chi connectivity index (χ2n) is 9.55. The standard InChI is InChI=1S/C22H31FN4O5S/c1-22(2,3)19(21(30)24-9-10-28)25-20(29)17-15-5-4-6-16(23)18(15)27(26-17)13-14-7-11-33(31,32)12-8-14/h4-6,14,19,28H,7-13H2,1-3H3,(H,24,30)(H,25,29)/t19-/m1/s1. The SMILES string of the molecule is CC(C)(C)[C@H](NC(=O)c1nn(CC2CCS(=O)(=O)CC2)c2c(F)cccc12)C(=O)NCCO. The lowest BCUT2D eigenvalue weighted by Gasteiger charge is -2.30. The predicted octanol–water partition coefficient (Wildman–Crippen LogP) is 1.25. The number of sulfone groups is 1. The van der Waals surface area contributed by atoms with Crippen molar-refractivity contribution in [2.24, 2.45) is 11.3 Å². The molecule has 0 radical (unpaired) electrons. The lowest BCUT2D eigenvalue weighted by Crippen LogP contribution is -2.54. The number of hydrogen-bond donors (Lipinski definition) is 3. The van der Waals surface area contributed by atoms with Crippen LogP contribution in [0.15, 0.2) is 18.2 Å². The van der Waals surface area contributed by atoms with E-state index in [1.54, 1.807) is 26.8 Å². The Morgan fingerprint density at radius 1 is 1.27 bits per heavy atom. The van der Waals surface area contributed by atoms with Gasteiger partial charge in [-0.3, -0.25) is 14.3 Å². The molecule has 3 rings (SSSR count). The van der Waals surface area contributed by atoms with Crippen LogP contribution in [0.4, 0.5) is 4.39 Å². The summed E-state index contributed by atoms with van der Waals surface area (Å²) in [7, 11) is -3.03. The van der Waals surface area contributed by atoms with E-state index in [0.717, 1.165) is 0 Å². The summed E-state index contributed by atoms with van der Waals surface area (Å²) in [5, 5.41) is 19.0. The van der Waals surface area contributed by atoms with E-state index in [-0.39, 0.29) is 41.8 Å². The number of nitrogens with zero attached hydrogens (tertiary/aromatic N) is 2. The Bertz CT molecular complexity index is 1130. The first kappa shape index (κ1) is 25.1. The number of carbonyl (C=O) groups is 2. The number of benzene rings is 1. The molecule has 1 saturated heterocycles. The number of aliphatic hydroxyl groups excluding tert-OH is 1.